The molecule has 5 aliphatic rings. The number of amides is 4. The quantitative estimate of drug-likeness (QED) is 0.303. The van der Waals surface area contributed by atoms with Crippen molar-refractivity contribution in [2.45, 2.75) is 120 Å². The van der Waals surface area contributed by atoms with E-state index in [9.17, 15) is 41.1 Å². The zero-order valence-corrected chi connectivity index (χ0v) is 35.9. The predicted octanol–water partition coefficient (Wildman–Crippen LogP) is 4.99. The summed E-state index contributed by atoms with van der Waals surface area (Å²) in [6, 6.07) is 4.04. The minimum absolute atomic E-state index is 0.0566. The van der Waals surface area contributed by atoms with E-state index >= 15 is 4.79 Å². The number of hydrogen-bond acceptors (Lipinski definition) is 10. The molecule has 0 bridgehead atoms. The van der Waals surface area contributed by atoms with Crippen LogP contribution in [0.3, 0.4) is 0 Å². The van der Waals surface area contributed by atoms with Crippen LogP contribution >= 0.6 is 0 Å². The number of fused-ring (bicyclic) bond motifs is 3. The van der Waals surface area contributed by atoms with Crippen molar-refractivity contribution in [3.63, 3.8) is 0 Å². The molecular formula is C42H55F3N6O9S. The Balaban J connectivity index is 1.28. The maximum absolute atomic E-state index is 15.1. The second kappa shape index (κ2) is 16.2. The van der Waals surface area contributed by atoms with Crippen LogP contribution in [-0.4, -0.2) is 125 Å². The highest BCUT2D eigenvalue weighted by Gasteiger charge is 2.64. The summed E-state index contributed by atoms with van der Waals surface area (Å²) in [5.41, 5.74) is -3.90. The number of rotatable bonds is 8. The molecule has 7 atom stereocenters. The molecule has 7 rings (SSSR count). The molecule has 2 saturated heterocycles. The molecule has 3 N–H and O–H groups in total. The molecule has 1 aromatic heterocycles. The molecule has 3 aliphatic heterocycles. The number of hydrogen-bond donors (Lipinski definition) is 3. The lowest BCUT2D eigenvalue weighted by Crippen LogP contribution is -2.66. The average molecular weight is 877 g/mol. The molecule has 0 spiro atoms. The van der Waals surface area contributed by atoms with Crippen molar-refractivity contribution >= 4 is 50.3 Å². The number of aromatic nitrogens is 1. The van der Waals surface area contributed by atoms with E-state index in [1.165, 1.54) is 13.8 Å². The molecule has 2 aliphatic carbocycles. The highest BCUT2D eigenvalue weighted by atomic mass is 32.2. The number of carbonyl (C=O) groups excluding carboxylic acids is 3. The van der Waals surface area contributed by atoms with Crippen molar-refractivity contribution in [2.24, 2.45) is 17.8 Å². The third kappa shape index (κ3) is 8.47. The van der Waals surface area contributed by atoms with Crippen molar-refractivity contribution in [1.29, 1.82) is 0 Å². The van der Waals surface area contributed by atoms with E-state index in [1.54, 1.807) is 18.3 Å². The Morgan fingerprint density at radius 1 is 1.08 bits per heavy atom. The van der Waals surface area contributed by atoms with Gasteiger partial charge in [-0.15, -0.1) is 0 Å². The van der Waals surface area contributed by atoms with Gasteiger partial charge in [0.25, 0.3) is 5.91 Å². The third-order valence-corrected chi connectivity index (χ3v) is 15.5. The molecule has 334 valence electrons. The smallest absolute Gasteiger partial charge is 0.411 e. The summed E-state index contributed by atoms with van der Waals surface area (Å²) in [6.45, 7) is 8.34. The number of nitrogens with one attached hydrogen (secondary N) is 2. The van der Waals surface area contributed by atoms with Crippen LogP contribution in [0, 0.1) is 17.8 Å². The summed E-state index contributed by atoms with van der Waals surface area (Å²) in [5, 5.41) is 14.7. The molecule has 4 amide bonds. The second-order valence-corrected chi connectivity index (χ2v) is 20.4. The van der Waals surface area contributed by atoms with Crippen molar-refractivity contribution in [2.75, 3.05) is 37.7 Å². The fourth-order valence-electron chi connectivity index (χ4n) is 9.04. The van der Waals surface area contributed by atoms with Crippen molar-refractivity contribution in [3.05, 3.63) is 42.6 Å². The Kier molecular flexibility index (Phi) is 11.8. The summed E-state index contributed by atoms with van der Waals surface area (Å²) >= 11 is 0. The number of morpholine rings is 1. The zero-order valence-electron chi connectivity index (χ0n) is 35.0. The standard InChI is InChI=1S/C42H55F3N6O9S/c1-25-10-6-7-11-27-22-41(27,37(54)48-61(57,58)40(5)14-15-40)47-34(52)31-21-28(60-35-30-13-9-8-12-29(30)32(23-46-35)49-16-18-59-19-17-49)24-50(31)36(53)33(26(2)20-25)51(38(55)56)39(3,4)42(43,44)45/h7-9,11-13,23,25-28,31,33H,6,10,14-22,24H2,1-5H3,(H,47,52)(H,48,54)(H,55,56)/b11-7-/t25-,26+,27+,28+,31-,33-,41+/m0/s1. The Hall–Kier alpha value is -4.65. The van der Waals surface area contributed by atoms with E-state index in [2.05, 4.69) is 19.9 Å². The first kappa shape index (κ1) is 44.4. The number of carbonyl (C=O) groups is 4. The van der Waals surface area contributed by atoms with E-state index in [4.69, 9.17) is 9.47 Å². The number of alkyl halides is 3. The van der Waals surface area contributed by atoms with Gasteiger partial charge >= 0.3 is 12.3 Å². The number of carboxylic acid groups (broad SMARTS) is 1. The monoisotopic (exact) mass is 876 g/mol. The van der Waals surface area contributed by atoms with Crippen molar-refractivity contribution in [1.82, 2.24) is 24.8 Å². The lowest BCUT2D eigenvalue weighted by atomic mass is 9.85. The third-order valence-electron chi connectivity index (χ3n) is 13.4. The first-order chi connectivity index (χ1) is 28.6. The van der Waals surface area contributed by atoms with E-state index in [-0.39, 0.29) is 42.5 Å². The van der Waals surface area contributed by atoms with Crippen LogP contribution in [0.15, 0.2) is 42.6 Å². The van der Waals surface area contributed by atoms with Gasteiger partial charge in [0, 0.05) is 36.2 Å². The molecule has 2 saturated carbocycles. The second-order valence-electron chi connectivity index (χ2n) is 18.2. The maximum atomic E-state index is 15.1. The van der Waals surface area contributed by atoms with E-state index in [0.717, 1.165) is 16.0 Å². The van der Waals surface area contributed by atoms with Gasteiger partial charge < -0.3 is 29.7 Å². The molecule has 4 fully saturated rings. The molecular weight excluding hydrogens is 822 g/mol. The largest absolute Gasteiger partial charge is 0.472 e. The first-order valence-corrected chi connectivity index (χ1v) is 22.4. The molecule has 2 aromatic rings. The fraction of sp³-hybridized carbons (Fsp3) is 0.643. The number of pyridine rings is 1. The van der Waals surface area contributed by atoms with Gasteiger partial charge in [0.2, 0.25) is 27.7 Å². The molecule has 4 heterocycles. The van der Waals surface area contributed by atoms with Gasteiger partial charge in [-0.05, 0) is 77.2 Å². The van der Waals surface area contributed by atoms with E-state index < -0.39 is 85.9 Å². The van der Waals surface area contributed by atoms with Crippen LogP contribution in [0.4, 0.5) is 23.7 Å². The van der Waals surface area contributed by atoms with Crippen LogP contribution in [0.1, 0.15) is 79.6 Å². The maximum Gasteiger partial charge on any atom is 0.411 e. The highest BCUT2D eigenvalue weighted by Crippen LogP contribution is 2.48. The van der Waals surface area contributed by atoms with Gasteiger partial charge in [0.1, 0.15) is 29.3 Å². The molecule has 0 unspecified atom stereocenters. The molecule has 1 aromatic carbocycles. The van der Waals surface area contributed by atoms with Crippen LogP contribution in [0.25, 0.3) is 10.8 Å². The van der Waals surface area contributed by atoms with Crippen molar-refractivity contribution < 1.29 is 55.3 Å². The van der Waals surface area contributed by atoms with E-state index in [1.807, 2.05) is 31.2 Å². The zero-order chi connectivity index (χ0) is 44.3. The lowest BCUT2D eigenvalue weighted by Gasteiger charge is -2.45. The van der Waals surface area contributed by atoms with Crippen LogP contribution in [-0.2, 0) is 29.1 Å². The number of benzene rings is 1. The number of nitrogens with zero attached hydrogens (tertiary/aromatic N) is 4. The minimum atomic E-state index is -5.09. The number of ether oxygens (including phenoxy) is 2. The predicted molar refractivity (Wildman–Crippen MR) is 218 cm³/mol. The van der Waals surface area contributed by atoms with Crippen molar-refractivity contribution in [3.8, 4) is 5.88 Å². The van der Waals surface area contributed by atoms with E-state index in [0.29, 0.717) is 71.2 Å². The summed E-state index contributed by atoms with van der Waals surface area (Å²) in [4.78, 5) is 64.8. The highest BCUT2D eigenvalue weighted by molar-refractivity contribution is 7.91. The summed E-state index contributed by atoms with van der Waals surface area (Å²) in [5.74, 6) is -4.39. The van der Waals surface area contributed by atoms with Crippen LogP contribution in [0.5, 0.6) is 5.88 Å². The first-order valence-electron chi connectivity index (χ1n) is 20.9. The summed E-state index contributed by atoms with van der Waals surface area (Å²) < 4.78 is 83.9. The average Bonchev–Trinajstić information content (AvgIpc) is 4.08. The van der Waals surface area contributed by atoms with Gasteiger partial charge in [0.15, 0.2) is 0 Å². The van der Waals surface area contributed by atoms with Gasteiger partial charge in [-0.3, -0.25) is 24.0 Å². The summed E-state index contributed by atoms with van der Waals surface area (Å²) in [7, 11) is -4.12. The fourth-order valence-corrected chi connectivity index (χ4v) is 10.4. The lowest BCUT2D eigenvalue weighted by molar-refractivity contribution is -0.222. The minimum Gasteiger partial charge on any atom is -0.472 e. The number of allylic oxidation sites excluding steroid dienone is 1. The molecule has 0 radical (unpaired) electrons. The topological polar surface area (TPSA) is 188 Å². The Morgan fingerprint density at radius 3 is 2.39 bits per heavy atom. The number of anilines is 1. The Labute approximate surface area is 353 Å². The Bertz CT molecular complexity index is 2190. The van der Waals surface area contributed by atoms with Gasteiger partial charge in [-0.2, -0.15) is 13.2 Å². The molecule has 61 heavy (non-hydrogen) atoms. The van der Waals surface area contributed by atoms with Crippen LogP contribution in [0.2, 0.25) is 0 Å². The molecule has 19 heteroatoms. The Morgan fingerprint density at radius 2 is 1.75 bits per heavy atom. The molecule has 15 nitrogen and oxygen atoms in total. The van der Waals surface area contributed by atoms with Gasteiger partial charge in [-0.25, -0.2) is 18.2 Å². The van der Waals surface area contributed by atoms with Gasteiger partial charge in [-0.1, -0.05) is 44.2 Å². The normalized spacial score (nSPS) is 30.2. The summed E-state index contributed by atoms with van der Waals surface area (Å²) in [6.07, 6.45) is -1.09. The van der Waals surface area contributed by atoms with Gasteiger partial charge in [0.05, 0.1) is 36.4 Å². The number of sulfonamides is 1. The number of halogens is 3. The SMILES string of the molecule is C[C@H]1CC/C=C\[C@@H]2C[C@@]2(C(=O)NS(=O)(=O)C2(C)CC2)NC(=O)[C@@H]2C[C@@H](Oc3ncc(N4CCOCC4)c4ccccc34)CN2C(=O)[C@@H](N(C(=O)O)C(C)(C)C(F)(F)F)[C@H](C)C1. The van der Waals surface area contributed by atoms with Crippen LogP contribution < -0.4 is 19.7 Å².